The Morgan fingerprint density at radius 2 is 2.31 bits per heavy atom. The van der Waals surface area contributed by atoms with Crippen LogP contribution < -0.4 is 4.90 Å². The van der Waals surface area contributed by atoms with E-state index in [2.05, 4.69) is 12.8 Å². The Kier molecular flexibility index (Phi) is 4.88. The molecule has 0 saturated carbocycles. The van der Waals surface area contributed by atoms with Crippen molar-refractivity contribution in [3.05, 3.63) is 28.8 Å². The van der Waals surface area contributed by atoms with Crippen LogP contribution in [0.15, 0.2) is 18.2 Å². The first kappa shape index (κ1) is 12.6. The van der Waals surface area contributed by atoms with Crippen LogP contribution in [0.5, 0.6) is 0 Å². The van der Waals surface area contributed by atoms with Crippen LogP contribution >= 0.6 is 11.6 Å². The van der Waals surface area contributed by atoms with Crippen LogP contribution in [-0.4, -0.2) is 19.4 Å². The van der Waals surface area contributed by atoms with Crippen molar-refractivity contribution in [3.8, 4) is 12.3 Å². The Hall–Kier alpha value is -1.46. The molecule has 0 aromatic heterocycles. The summed E-state index contributed by atoms with van der Waals surface area (Å²) >= 11 is 5.92. The molecule has 0 N–H and O–H groups in total. The van der Waals surface area contributed by atoms with Crippen molar-refractivity contribution in [2.75, 3.05) is 18.0 Å². The third-order valence-corrected chi connectivity index (χ3v) is 2.47. The van der Waals surface area contributed by atoms with E-state index in [0.717, 1.165) is 24.9 Å². The number of hydrogen-bond donors (Lipinski definition) is 0. The minimum Gasteiger partial charge on any atom is -0.360 e. The summed E-state index contributed by atoms with van der Waals surface area (Å²) in [6.45, 7) is 3.36. The molecule has 84 valence electrons. The Morgan fingerprint density at radius 3 is 2.88 bits per heavy atom. The standard InChI is InChI=1S/C13H14ClNO/c1-3-7-15(8-4-2)13-9-12(14)6-5-11(13)10-16/h1,5-6,9-10H,4,7-8H2,2H3. The highest BCUT2D eigenvalue weighted by atomic mass is 35.5. The smallest absolute Gasteiger partial charge is 0.152 e. The highest BCUT2D eigenvalue weighted by Gasteiger charge is 2.09. The fourth-order valence-corrected chi connectivity index (χ4v) is 1.72. The number of rotatable bonds is 5. The summed E-state index contributed by atoms with van der Waals surface area (Å²) in [4.78, 5) is 12.9. The highest BCUT2D eigenvalue weighted by molar-refractivity contribution is 6.31. The number of halogens is 1. The van der Waals surface area contributed by atoms with E-state index in [9.17, 15) is 4.79 Å². The molecule has 0 fully saturated rings. The van der Waals surface area contributed by atoms with Gasteiger partial charge in [-0.3, -0.25) is 4.79 Å². The Balaban J connectivity index is 3.10. The monoisotopic (exact) mass is 235 g/mol. The fraction of sp³-hybridized carbons (Fsp3) is 0.308. The van der Waals surface area contributed by atoms with Crippen molar-refractivity contribution in [1.29, 1.82) is 0 Å². The van der Waals surface area contributed by atoms with Gasteiger partial charge in [0.25, 0.3) is 0 Å². The van der Waals surface area contributed by atoms with Gasteiger partial charge in [-0.25, -0.2) is 0 Å². The predicted octanol–water partition coefficient (Wildman–Crippen LogP) is 3.00. The topological polar surface area (TPSA) is 20.3 Å². The first-order chi connectivity index (χ1) is 7.72. The number of carbonyl (C=O) groups is 1. The molecule has 0 amide bonds. The molecule has 1 rings (SSSR count). The molecule has 2 nitrogen and oxygen atoms in total. The van der Waals surface area contributed by atoms with Crippen LogP contribution in [0, 0.1) is 12.3 Å². The molecule has 1 aromatic carbocycles. The predicted molar refractivity (Wildman–Crippen MR) is 68.2 cm³/mol. The maximum absolute atomic E-state index is 10.9. The maximum atomic E-state index is 10.9. The summed E-state index contributed by atoms with van der Waals surface area (Å²) in [5.41, 5.74) is 1.43. The Labute approximate surface area is 101 Å². The molecule has 0 bridgehead atoms. The summed E-state index contributed by atoms with van der Waals surface area (Å²) in [5, 5.41) is 0.610. The minimum absolute atomic E-state index is 0.481. The van der Waals surface area contributed by atoms with Gasteiger partial charge < -0.3 is 4.90 Å². The van der Waals surface area contributed by atoms with E-state index in [1.807, 2.05) is 4.90 Å². The van der Waals surface area contributed by atoms with Crippen LogP contribution in [0.3, 0.4) is 0 Å². The van der Waals surface area contributed by atoms with Gasteiger partial charge in [-0.05, 0) is 24.6 Å². The van der Waals surface area contributed by atoms with Crippen molar-refractivity contribution in [1.82, 2.24) is 0 Å². The van der Waals surface area contributed by atoms with Crippen LogP contribution in [-0.2, 0) is 0 Å². The molecule has 0 aliphatic heterocycles. The van der Waals surface area contributed by atoms with E-state index in [0.29, 0.717) is 17.1 Å². The first-order valence-electron chi connectivity index (χ1n) is 5.16. The zero-order valence-corrected chi connectivity index (χ0v) is 10.00. The molecule has 0 atom stereocenters. The lowest BCUT2D eigenvalue weighted by Crippen LogP contribution is -2.25. The summed E-state index contributed by atoms with van der Waals surface area (Å²) in [7, 11) is 0. The molecule has 0 unspecified atom stereocenters. The van der Waals surface area contributed by atoms with Gasteiger partial charge in [-0.1, -0.05) is 24.4 Å². The lowest BCUT2D eigenvalue weighted by atomic mass is 10.1. The third-order valence-electron chi connectivity index (χ3n) is 2.24. The number of carbonyl (C=O) groups excluding carboxylic acids is 1. The number of aldehydes is 1. The van der Waals surface area contributed by atoms with Crippen LogP contribution in [0.25, 0.3) is 0 Å². The van der Waals surface area contributed by atoms with Gasteiger partial charge >= 0.3 is 0 Å². The highest BCUT2D eigenvalue weighted by Crippen LogP contribution is 2.23. The molecule has 16 heavy (non-hydrogen) atoms. The quantitative estimate of drug-likeness (QED) is 0.578. The molecule has 0 aliphatic rings. The average Bonchev–Trinajstić information content (AvgIpc) is 2.29. The number of anilines is 1. The van der Waals surface area contributed by atoms with E-state index in [-0.39, 0.29) is 0 Å². The van der Waals surface area contributed by atoms with E-state index in [1.54, 1.807) is 18.2 Å². The summed E-state index contributed by atoms with van der Waals surface area (Å²) in [6, 6.07) is 5.19. The van der Waals surface area contributed by atoms with Gasteiger partial charge in [-0.15, -0.1) is 6.42 Å². The summed E-state index contributed by atoms with van der Waals surface area (Å²) < 4.78 is 0. The zero-order valence-electron chi connectivity index (χ0n) is 9.24. The second-order valence-corrected chi connectivity index (χ2v) is 3.88. The van der Waals surface area contributed by atoms with Crippen molar-refractivity contribution in [3.63, 3.8) is 0 Å². The minimum atomic E-state index is 0.481. The van der Waals surface area contributed by atoms with E-state index in [1.165, 1.54) is 0 Å². The maximum Gasteiger partial charge on any atom is 0.152 e. The van der Waals surface area contributed by atoms with Crippen LogP contribution in [0.4, 0.5) is 5.69 Å². The van der Waals surface area contributed by atoms with Gasteiger partial charge in [0.05, 0.1) is 6.54 Å². The molecular formula is C13H14ClNO. The molecule has 1 aromatic rings. The second kappa shape index (κ2) is 6.19. The van der Waals surface area contributed by atoms with Gasteiger partial charge in [0.1, 0.15) is 0 Å². The van der Waals surface area contributed by atoms with Crippen LogP contribution in [0.1, 0.15) is 23.7 Å². The molecule has 0 heterocycles. The normalized spacial score (nSPS) is 9.56. The largest absolute Gasteiger partial charge is 0.360 e. The molecule has 0 spiro atoms. The molecule has 0 radical (unpaired) electrons. The number of nitrogens with zero attached hydrogens (tertiary/aromatic N) is 1. The second-order valence-electron chi connectivity index (χ2n) is 3.45. The molecule has 3 heteroatoms. The summed E-state index contributed by atoms with van der Waals surface area (Å²) in [5.74, 6) is 2.59. The Morgan fingerprint density at radius 1 is 1.56 bits per heavy atom. The molecule has 0 saturated heterocycles. The van der Waals surface area contributed by atoms with Gasteiger partial charge in [-0.2, -0.15) is 0 Å². The fourth-order valence-electron chi connectivity index (χ4n) is 1.56. The number of hydrogen-bond acceptors (Lipinski definition) is 2. The van der Waals surface area contributed by atoms with Gasteiger partial charge in [0, 0.05) is 22.8 Å². The molecular weight excluding hydrogens is 222 g/mol. The third kappa shape index (κ3) is 3.01. The van der Waals surface area contributed by atoms with E-state index in [4.69, 9.17) is 18.0 Å². The molecule has 0 aliphatic carbocycles. The number of terminal acetylenes is 1. The first-order valence-corrected chi connectivity index (χ1v) is 5.53. The van der Waals surface area contributed by atoms with E-state index < -0.39 is 0 Å². The van der Waals surface area contributed by atoms with Gasteiger partial charge in [0.2, 0.25) is 0 Å². The Bertz CT molecular complexity index is 409. The van der Waals surface area contributed by atoms with Crippen molar-refractivity contribution < 1.29 is 4.79 Å². The van der Waals surface area contributed by atoms with Crippen molar-refractivity contribution >= 4 is 23.6 Å². The average molecular weight is 236 g/mol. The lowest BCUT2D eigenvalue weighted by molar-refractivity contribution is 0.112. The van der Waals surface area contributed by atoms with Gasteiger partial charge in [0.15, 0.2) is 6.29 Å². The SMILES string of the molecule is C#CCN(CCC)c1cc(Cl)ccc1C=O. The van der Waals surface area contributed by atoms with Crippen LogP contribution in [0.2, 0.25) is 5.02 Å². The number of benzene rings is 1. The van der Waals surface area contributed by atoms with Crippen molar-refractivity contribution in [2.24, 2.45) is 0 Å². The summed E-state index contributed by atoms with van der Waals surface area (Å²) in [6.07, 6.45) is 7.10. The lowest BCUT2D eigenvalue weighted by Gasteiger charge is -2.23. The van der Waals surface area contributed by atoms with E-state index >= 15 is 0 Å². The zero-order chi connectivity index (χ0) is 12.0. The van der Waals surface area contributed by atoms with Crippen molar-refractivity contribution in [2.45, 2.75) is 13.3 Å².